The minimum Gasteiger partial charge on any atom is -0.325 e. The van der Waals surface area contributed by atoms with Crippen LogP contribution in [0.5, 0.6) is 0 Å². The Morgan fingerprint density at radius 1 is 0.889 bits per heavy atom. The molecule has 1 amide bonds. The molecule has 0 spiro atoms. The van der Waals surface area contributed by atoms with Gasteiger partial charge < -0.3 is 10.2 Å². The number of quaternary nitrogens is 1. The maximum absolute atomic E-state index is 12.8. The molecule has 5 heteroatoms. The average molecular weight is 363 g/mol. The number of likely N-dealkylation sites (tertiary alicyclic amines) is 1. The molecule has 2 aromatic carbocycles. The van der Waals surface area contributed by atoms with Gasteiger partial charge in [0.25, 0.3) is 5.91 Å². The molecule has 1 fully saturated rings. The fourth-order valence-electron chi connectivity index (χ4n) is 4.05. The third kappa shape index (κ3) is 3.19. The zero-order valence-electron chi connectivity index (χ0n) is 15.4. The number of hydrogen-bond acceptors (Lipinski definition) is 3. The molecular formula is C22H23N2O3+. The van der Waals surface area contributed by atoms with E-state index in [1.165, 1.54) is 11.3 Å². The molecule has 2 N–H and O–H groups in total. The molecular weight excluding hydrogens is 340 g/mol. The summed E-state index contributed by atoms with van der Waals surface area (Å²) >= 11 is 0. The van der Waals surface area contributed by atoms with Crippen LogP contribution in [0, 0.1) is 0 Å². The molecule has 0 radical (unpaired) electrons. The predicted octanol–water partition coefficient (Wildman–Crippen LogP) is 1.86. The summed E-state index contributed by atoms with van der Waals surface area (Å²) in [6.45, 7) is 3.98. The van der Waals surface area contributed by atoms with E-state index < -0.39 is 0 Å². The molecule has 1 heterocycles. The van der Waals surface area contributed by atoms with E-state index in [1.54, 1.807) is 42.5 Å². The van der Waals surface area contributed by atoms with Crippen LogP contribution in [0.2, 0.25) is 0 Å². The van der Waals surface area contributed by atoms with E-state index in [2.05, 4.69) is 5.32 Å². The highest BCUT2D eigenvalue weighted by Gasteiger charge is 2.30. The van der Waals surface area contributed by atoms with Crippen LogP contribution in [0.3, 0.4) is 0 Å². The molecule has 5 nitrogen and oxygen atoms in total. The zero-order chi connectivity index (χ0) is 19.0. The summed E-state index contributed by atoms with van der Waals surface area (Å²) in [4.78, 5) is 39.4. The lowest BCUT2D eigenvalue weighted by molar-refractivity contribution is -0.918. The molecule has 0 bridgehead atoms. The number of ketones is 2. The number of amides is 1. The molecule has 2 aromatic rings. The number of carbonyl (C=O) groups is 3. The summed E-state index contributed by atoms with van der Waals surface area (Å²) in [5, 5.41) is 2.93. The van der Waals surface area contributed by atoms with Crippen molar-refractivity contribution in [1.82, 2.24) is 0 Å². The maximum atomic E-state index is 12.8. The van der Waals surface area contributed by atoms with E-state index in [4.69, 9.17) is 0 Å². The maximum Gasteiger partial charge on any atom is 0.282 e. The molecule has 2 aliphatic rings. The van der Waals surface area contributed by atoms with Crippen molar-refractivity contribution in [3.05, 3.63) is 64.7 Å². The Hall–Kier alpha value is -2.79. The van der Waals surface area contributed by atoms with Gasteiger partial charge in [-0.2, -0.15) is 0 Å². The van der Waals surface area contributed by atoms with Gasteiger partial charge in [-0.3, -0.25) is 14.4 Å². The Morgan fingerprint density at radius 3 is 2.15 bits per heavy atom. The van der Waals surface area contributed by atoms with Gasteiger partial charge in [0.2, 0.25) is 0 Å². The normalized spacial score (nSPS) is 17.8. The molecule has 1 atom stereocenters. The molecule has 0 saturated carbocycles. The van der Waals surface area contributed by atoms with E-state index in [1.807, 2.05) is 6.92 Å². The summed E-state index contributed by atoms with van der Waals surface area (Å²) in [7, 11) is 0. The molecule has 4 rings (SSSR count). The van der Waals surface area contributed by atoms with E-state index in [0.717, 1.165) is 25.9 Å². The number of anilines is 1. The van der Waals surface area contributed by atoms with Gasteiger partial charge in [0, 0.05) is 27.9 Å². The quantitative estimate of drug-likeness (QED) is 0.746. The first-order chi connectivity index (χ1) is 13.1. The lowest BCUT2D eigenvalue weighted by atomic mass is 9.84. The number of piperidine rings is 1. The van der Waals surface area contributed by atoms with E-state index in [9.17, 15) is 14.4 Å². The number of hydrogen-bond donors (Lipinski definition) is 2. The summed E-state index contributed by atoms with van der Waals surface area (Å²) in [5.74, 6) is -0.378. The zero-order valence-corrected chi connectivity index (χ0v) is 15.4. The largest absolute Gasteiger partial charge is 0.325 e. The summed E-state index contributed by atoms with van der Waals surface area (Å²) in [5.41, 5.74) is 2.17. The van der Waals surface area contributed by atoms with E-state index in [0.29, 0.717) is 27.9 Å². The fourth-order valence-corrected chi connectivity index (χ4v) is 4.05. The van der Waals surface area contributed by atoms with Crippen LogP contribution in [-0.4, -0.2) is 36.6 Å². The van der Waals surface area contributed by atoms with Crippen LogP contribution in [0.4, 0.5) is 5.69 Å². The summed E-state index contributed by atoms with van der Waals surface area (Å²) < 4.78 is 0. The van der Waals surface area contributed by atoms with Crippen molar-refractivity contribution in [2.45, 2.75) is 32.2 Å². The Morgan fingerprint density at radius 2 is 1.48 bits per heavy atom. The number of benzene rings is 2. The number of fused-ring (bicyclic) bond motifs is 2. The molecule has 27 heavy (non-hydrogen) atoms. The van der Waals surface area contributed by atoms with Gasteiger partial charge >= 0.3 is 0 Å². The second-order valence-corrected chi connectivity index (χ2v) is 7.39. The third-order valence-electron chi connectivity index (χ3n) is 5.69. The monoisotopic (exact) mass is 363 g/mol. The van der Waals surface area contributed by atoms with Crippen molar-refractivity contribution in [2.24, 2.45) is 0 Å². The van der Waals surface area contributed by atoms with Crippen LogP contribution in [0.1, 0.15) is 58.0 Å². The molecule has 0 aromatic heterocycles. The van der Waals surface area contributed by atoms with Crippen LogP contribution in [0.25, 0.3) is 0 Å². The molecule has 1 aliphatic heterocycles. The number of rotatable bonds is 3. The van der Waals surface area contributed by atoms with Gasteiger partial charge in [-0.1, -0.05) is 24.3 Å². The van der Waals surface area contributed by atoms with Gasteiger partial charge in [0.1, 0.15) is 0 Å². The van der Waals surface area contributed by atoms with Crippen molar-refractivity contribution in [3.8, 4) is 0 Å². The predicted molar refractivity (Wildman–Crippen MR) is 102 cm³/mol. The first-order valence-corrected chi connectivity index (χ1v) is 9.54. The minimum atomic E-state index is -0.175. The second-order valence-electron chi connectivity index (χ2n) is 7.39. The average Bonchev–Trinajstić information content (AvgIpc) is 2.72. The highest BCUT2D eigenvalue weighted by Crippen LogP contribution is 2.29. The summed E-state index contributed by atoms with van der Waals surface area (Å²) in [6, 6.07) is 11.7. The number of carbonyl (C=O) groups excluding carboxylic acids is 3. The Kier molecular flexibility index (Phi) is 4.62. The molecule has 138 valence electrons. The fraction of sp³-hybridized carbons (Fsp3) is 0.318. The SMILES string of the molecule is C[C@@H](C(=O)Nc1ccc2c(c1)C(=O)c1ccccc1C2=O)[NH+]1CCCCC1. The lowest BCUT2D eigenvalue weighted by Gasteiger charge is -2.28. The van der Waals surface area contributed by atoms with Crippen LogP contribution in [0.15, 0.2) is 42.5 Å². The molecule has 1 saturated heterocycles. The van der Waals surface area contributed by atoms with E-state index >= 15 is 0 Å². The Bertz CT molecular complexity index is 929. The van der Waals surface area contributed by atoms with Crippen molar-refractivity contribution in [1.29, 1.82) is 0 Å². The van der Waals surface area contributed by atoms with Crippen molar-refractivity contribution < 1.29 is 19.3 Å². The molecule has 1 aliphatic carbocycles. The highest BCUT2D eigenvalue weighted by atomic mass is 16.2. The first-order valence-electron chi connectivity index (χ1n) is 9.54. The third-order valence-corrected chi connectivity index (χ3v) is 5.69. The second kappa shape index (κ2) is 7.08. The van der Waals surface area contributed by atoms with Gasteiger partial charge in [0.05, 0.1) is 13.1 Å². The van der Waals surface area contributed by atoms with Crippen LogP contribution in [-0.2, 0) is 4.79 Å². The Balaban J connectivity index is 1.57. The molecule has 0 unspecified atom stereocenters. The van der Waals surface area contributed by atoms with Crippen molar-refractivity contribution in [2.75, 3.05) is 18.4 Å². The first kappa shape index (κ1) is 17.6. The topological polar surface area (TPSA) is 67.7 Å². The van der Waals surface area contributed by atoms with Gasteiger partial charge in [-0.15, -0.1) is 0 Å². The summed E-state index contributed by atoms with van der Waals surface area (Å²) in [6.07, 6.45) is 3.55. The van der Waals surface area contributed by atoms with Gasteiger partial charge in [-0.25, -0.2) is 0 Å². The van der Waals surface area contributed by atoms with Gasteiger partial charge in [-0.05, 0) is 44.4 Å². The van der Waals surface area contributed by atoms with Crippen LogP contribution >= 0.6 is 0 Å². The van der Waals surface area contributed by atoms with Crippen molar-refractivity contribution >= 4 is 23.2 Å². The highest BCUT2D eigenvalue weighted by molar-refractivity contribution is 6.28. The number of nitrogens with one attached hydrogen (secondary N) is 2. The minimum absolute atomic E-state index is 0.0539. The smallest absolute Gasteiger partial charge is 0.282 e. The van der Waals surface area contributed by atoms with Crippen molar-refractivity contribution in [3.63, 3.8) is 0 Å². The van der Waals surface area contributed by atoms with Gasteiger partial charge in [0.15, 0.2) is 17.6 Å². The van der Waals surface area contributed by atoms with E-state index in [-0.39, 0.29) is 23.5 Å². The van der Waals surface area contributed by atoms with Crippen LogP contribution < -0.4 is 10.2 Å². The lowest BCUT2D eigenvalue weighted by Crippen LogP contribution is -3.17. The standard InChI is InChI=1S/C22H22N2O3/c1-14(24-11-5-2-6-12-24)22(27)23-15-9-10-18-19(13-15)21(26)17-8-4-3-7-16(17)20(18)25/h3-4,7-10,13-14H,2,5-6,11-12H2,1H3,(H,23,27)/p+1/t14-/m0/s1. The Labute approximate surface area is 158 Å².